The molecule has 1 aliphatic rings. The lowest BCUT2D eigenvalue weighted by atomic mass is 10.0. The van der Waals surface area contributed by atoms with Crippen molar-refractivity contribution in [3.05, 3.63) is 35.0 Å². The maximum Gasteiger partial charge on any atom is 0.418 e. The van der Waals surface area contributed by atoms with E-state index in [1.807, 2.05) is 4.90 Å². The number of hydrogen-bond donors (Lipinski definition) is 1. The van der Waals surface area contributed by atoms with E-state index in [1.165, 1.54) is 18.3 Å². The van der Waals surface area contributed by atoms with E-state index >= 15 is 0 Å². The van der Waals surface area contributed by atoms with Gasteiger partial charge in [0.05, 0.1) is 17.4 Å². The minimum absolute atomic E-state index is 0.0154. The molecule has 0 spiro atoms. The van der Waals surface area contributed by atoms with Crippen LogP contribution in [0.3, 0.4) is 0 Å². The third-order valence-corrected chi connectivity index (χ3v) is 4.27. The van der Waals surface area contributed by atoms with Crippen LogP contribution in [0.2, 0.25) is 5.02 Å². The number of hydrogen-bond acceptors (Lipinski definition) is 5. The minimum Gasteiger partial charge on any atom is -0.339 e. The molecule has 0 radical (unpaired) electrons. The Morgan fingerprint density at radius 1 is 1.32 bits per heavy atom. The first-order valence-electron chi connectivity index (χ1n) is 7.91. The zero-order valence-electron chi connectivity index (χ0n) is 13.5. The first-order valence-corrected chi connectivity index (χ1v) is 8.29. The lowest BCUT2D eigenvalue weighted by molar-refractivity contribution is -0.136. The van der Waals surface area contributed by atoms with Gasteiger partial charge in [-0.3, -0.25) is 0 Å². The summed E-state index contributed by atoms with van der Waals surface area (Å²) in [4.78, 5) is 6.31. The number of aromatic nitrogens is 3. The minimum atomic E-state index is -4.53. The Morgan fingerprint density at radius 2 is 2.12 bits per heavy atom. The number of nitrogens with zero attached hydrogens (tertiary/aromatic N) is 4. The van der Waals surface area contributed by atoms with E-state index in [-0.39, 0.29) is 16.5 Å². The number of rotatable bonds is 3. The predicted molar refractivity (Wildman–Crippen MR) is 90.2 cm³/mol. The van der Waals surface area contributed by atoms with Crippen molar-refractivity contribution in [2.75, 3.05) is 23.3 Å². The fourth-order valence-electron chi connectivity index (χ4n) is 2.86. The van der Waals surface area contributed by atoms with Crippen molar-refractivity contribution in [2.24, 2.45) is 5.92 Å². The summed E-state index contributed by atoms with van der Waals surface area (Å²) in [6.07, 6.45) is -1.07. The highest BCUT2D eigenvalue weighted by Gasteiger charge is 2.34. The molecule has 2 heterocycles. The third kappa shape index (κ3) is 4.31. The molecule has 1 unspecified atom stereocenters. The lowest BCUT2D eigenvalue weighted by Crippen LogP contribution is -2.35. The topological polar surface area (TPSA) is 53.9 Å². The van der Waals surface area contributed by atoms with Crippen LogP contribution in [-0.2, 0) is 6.18 Å². The number of anilines is 3. The fourth-order valence-corrected chi connectivity index (χ4v) is 3.03. The molecule has 1 N–H and O–H groups in total. The molecular formula is C16H17ClF3N5. The highest BCUT2D eigenvalue weighted by Crippen LogP contribution is 2.37. The molecule has 0 saturated carbocycles. The highest BCUT2D eigenvalue weighted by molar-refractivity contribution is 6.30. The van der Waals surface area contributed by atoms with Gasteiger partial charge in [-0.25, -0.2) is 0 Å². The second-order valence-corrected chi connectivity index (χ2v) is 6.58. The van der Waals surface area contributed by atoms with Crippen LogP contribution in [0.15, 0.2) is 24.4 Å². The molecule has 5 nitrogen and oxygen atoms in total. The first-order chi connectivity index (χ1) is 11.8. The zero-order chi connectivity index (χ0) is 18.0. The Hall–Kier alpha value is -2.09. The molecule has 1 aromatic heterocycles. The molecule has 0 aliphatic carbocycles. The maximum absolute atomic E-state index is 13.2. The Bertz CT molecular complexity index is 753. The summed E-state index contributed by atoms with van der Waals surface area (Å²) in [5.74, 6) is 1.14. The van der Waals surface area contributed by atoms with Crippen LogP contribution in [0.4, 0.5) is 30.6 Å². The van der Waals surface area contributed by atoms with E-state index in [4.69, 9.17) is 11.6 Å². The number of alkyl halides is 3. The molecule has 1 saturated heterocycles. The number of halogens is 4. The molecule has 0 amide bonds. The van der Waals surface area contributed by atoms with Crippen molar-refractivity contribution in [1.29, 1.82) is 0 Å². The van der Waals surface area contributed by atoms with E-state index in [9.17, 15) is 13.2 Å². The van der Waals surface area contributed by atoms with Gasteiger partial charge < -0.3 is 10.2 Å². The van der Waals surface area contributed by atoms with Gasteiger partial charge in [-0.1, -0.05) is 18.5 Å². The number of benzene rings is 1. The zero-order valence-corrected chi connectivity index (χ0v) is 14.3. The van der Waals surface area contributed by atoms with Gasteiger partial charge in [0.15, 0.2) is 5.82 Å². The molecule has 1 fully saturated rings. The largest absolute Gasteiger partial charge is 0.418 e. The van der Waals surface area contributed by atoms with Crippen molar-refractivity contribution in [3.8, 4) is 0 Å². The summed E-state index contributed by atoms with van der Waals surface area (Å²) in [7, 11) is 0. The predicted octanol–water partition coefficient (Wildman–Crippen LogP) is 4.52. The molecule has 25 heavy (non-hydrogen) atoms. The lowest BCUT2D eigenvalue weighted by Gasteiger charge is -2.30. The Labute approximate surface area is 148 Å². The molecule has 1 atom stereocenters. The summed E-state index contributed by atoms with van der Waals surface area (Å²) in [6, 6.07) is 3.54. The van der Waals surface area contributed by atoms with Gasteiger partial charge in [-0.15, -0.1) is 5.10 Å². The van der Waals surface area contributed by atoms with Gasteiger partial charge in [0, 0.05) is 18.1 Å². The molecular weight excluding hydrogens is 355 g/mol. The SMILES string of the molecule is CC1CCCN(c2nncc(Nc3ccc(Cl)cc3C(F)(F)F)n2)C1. The summed E-state index contributed by atoms with van der Waals surface area (Å²) in [5.41, 5.74) is -0.984. The summed E-state index contributed by atoms with van der Waals surface area (Å²) in [5, 5.41) is 10.6. The first kappa shape index (κ1) is 17.7. The molecule has 1 aliphatic heterocycles. The van der Waals surface area contributed by atoms with Gasteiger partial charge in [0.2, 0.25) is 5.95 Å². The van der Waals surface area contributed by atoms with E-state index in [0.717, 1.165) is 32.0 Å². The average Bonchev–Trinajstić information content (AvgIpc) is 2.56. The van der Waals surface area contributed by atoms with Gasteiger partial charge in [-0.05, 0) is 37.0 Å². The summed E-state index contributed by atoms with van der Waals surface area (Å²) in [6.45, 7) is 3.76. The fraction of sp³-hybridized carbons (Fsp3) is 0.438. The monoisotopic (exact) mass is 371 g/mol. The van der Waals surface area contributed by atoms with E-state index < -0.39 is 11.7 Å². The van der Waals surface area contributed by atoms with E-state index in [2.05, 4.69) is 27.4 Å². The van der Waals surface area contributed by atoms with E-state index in [1.54, 1.807) is 0 Å². The standard InChI is InChI=1S/C16H17ClF3N5/c1-10-3-2-6-25(9-10)15-23-14(8-21-24-15)22-13-5-4-11(17)7-12(13)16(18,19)20/h4-5,7-8,10H,2-3,6,9H2,1H3,(H,22,23,24). The van der Waals surface area contributed by atoms with Crippen LogP contribution in [-0.4, -0.2) is 28.3 Å². The second kappa shape index (κ2) is 7.03. The van der Waals surface area contributed by atoms with Crippen molar-refractivity contribution in [2.45, 2.75) is 25.9 Å². The van der Waals surface area contributed by atoms with Crippen LogP contribution in [0.1, 0.15) is 25.3 Å². The molecule has 3 rings (SSSR count). The van der Waals surface area contributed by atoms with Crippen molar-refractivity contribution in [1.82, 2.24) is 15.2 Å². The van der Waals surface area contributed by atoms with Crippen molar-refractivity contribution >= 4 is 29.1 Å². The molecule has 9 heteroatoms. The smallest absolute Gasteiger partial charge is 0.339 e. The average molecular weight is 372 g/mol. The molecule has 0 bridgehead atoms. The quantitative estimate of drug-likeness (QED) is 0.859. The van der Waals surface area contributed by atoms with Crippen molar-refractivity contribution in [3.63, 3.8) is 0 Å². The molecule has 1 aromatic carbocycles. The van der Waals surface area contributed by atoms with Crippen LogP contribution < -0.4 is 10.2 Å². The Morgan fingerprint density at radius 3 is 2.84 bits per heavy atom. The third-order valence-electron chi connectivity index (χ3n) is 4.04. The van der Waals surface area contributed by atoms with Crippen LogP contribution in [0, 0.1) is 5.92 Å². The highest BCUT2D eigenvalue weighted by atomic mass is 35.5. The van der Waals surface area contributed by atoms with Gasteiger partial charge in [0.1, 0.15) is 0 Å². The summed E-state index contributed by atoms with van der Waals surface area (Å²) >= 11 is 5.69. The normalized spacial score (nSPS) is 18.3. The Balaban J connectivity index is 1.86. The van der Waals surface area contributed by atoms with Crippen LogP contribution >= 0.6 is 11.6 Å². The maximum atomic E-state index is 13.2. The Kier molecular flexibility index (Phi) is 4.99. The van der Waals surface area contributed by atoms with Gasteiger partial charge in [0.25, 0.3) is 0 Å². The van der Waals surface area contributed by atoms with Gasteiger partial charge >= 0.3 is 6.18 Å². The molecule has 134 valence electrons. The van der Waals surface area contributed by atoms with Crippen molar-refractivity contribution < 1.29 is 13.2 Å². The van der Waals surface area contributed by atoms with Crippen LogP contribution in [0.25, 0.3) is 0 Å². The van der Waals surface area contributed by atoms with E-state index in [0.29, 0.717) is 11.9 Å². The second-order valence-electron chi connectivity index (χ2n) is 6.15. The van der Waals surface area contributed by atoms with Gasteiger partial charge in [-0.2, -0.15) is 23.3 Å². The summed E-state index contributed by atoms with van der Waals surface area (Å²) < 4.78 is 39.6. The number of nitrogens with one attached hydrogen (secondary N) is 1. The molecule has 2 aromatic rings. The number of piperidine rings is 1. The van der Waals surface area contributed by atoms with Crippen LogP contribution in [0.5, 0.6) is 0 Å².